The molecular formula is C16H22N2O2. The first-order valence-corrected chi connectivity index (χ1v) is 7.22. The molecule has 4 nitrogen and oxygen atoms in total. The highest BCUT2D eigenvalue weighted by molar-refractivity contribution is 5.99. The maximum Gasteiger partial charge on any atom is 0.145 e. The third-order valence-electron chi connectivity index (χ3n) is 2.98. The fourth-order valence-corrected chi connectivity index (χ4v) is 2.17. The number of fused-ring (bicyclic) bond motifs is 1. The van der Waals surface area contributed by atoms with Gasteiger partial charge in [-0.3, -0.25) is 4.98 Å². The van der Waals surface area contributed by atoms with Gasteiger partial charge in [-0.05, 0) is 38.5 Å². The van der Waals surface area contributed by atoms with E-state index in [4.69, 9.17) is 9.47 Å². The summed E-state index contributed by atoms with van der Waals surface area (Å²) >= 11 is 0. The van der Waals surface area contributed by atoms with Crippen LogP contribution in [0.2, 0.25) is 0 Å². The van der Waals surface area contributed by atoms with Crippen LogP contribution in [0.3, 0.4) is 0 Å². The molecule has 0 bridgehead atoms. The van der Waals surface area contributed by atoms with Crippen molar-refractivity contribution in [3.05, 3.63) is 24.4 Å². The minimum Gasteiger partial charge on any atom is -0.493 e. The van der Waals surface area contributed by atoms with Gasteiger partial charge >= 0.3 is 0 Å². The molecule has 0 spiro atoms. The average Bonchev–Trinajstić information content (AvgIpc) is 2.47. The first-order valence-electron chi connectivity index (χ1n) is 7.22. The van der Waals surface area contributed by atoms with Crippen LogP contribution >= 0.6 is 0 Å². The molecule has 0 aliphatic rings. The monoisotopic (exact) mass is 274 g/mol. The van der Waals surface area contributed by atoms with Crippen molar-refractivity contribution in [1.29, 1.82) is 0 Å². The predicted octanol–water partition coefficient (Wildman–Crippen LogP) is 3.85. The van der Waals surface area contributed by atoms with Crippen molar-refractivity contribution < 1.29 is 9.47 Å². The van der Waals surface area contributed by atoms with Crippen LogP contribution in [0.15, 0.2) is 24.4 Å². The van der Waals surface area contributed by atoms with E-state index in [1.165, 1.54) is 0 Å². The first kappa shape index (κ1) is 14.4. The van der Waals surface area contributed by atoms with Crippen LogP contribution in [0.5, 0.6) is 11.5 Å². The summed E-state index contributed by atoms with van der Waals surface area (Å²) in [6.07, 6.45) is 2.87. The molecular weight excluding hydrogens is 252 g/mol. The molecule has 2 aromatic rings. The van der Waals surface area contributed by atoms with E-state index in [9.17, 15) is 0 Å². The summed E-state index contributed by atoms with van der Waals surface area (Å²) in [4.78, 5) is 4.47. The lowest BCUT2D eigenvalue weighted by molar-refractivity contribution is 0.336. The molecule has 1 aromatic heterocycles. The van der Waals surface area contributed by atoms with Crippen molar-refractivity contribution >= 4 is 16.6 Å². The Labute approximate surface area is 120 Å². The maximum absolute atomic E-state index is 5.74. The molecule has 0 amide bonds. The standard InChI is InChI=1S/C16H22N2O2/c1-4-10-17-12-9-11-18-16-14(20-6-3)8-7-13(15(12)16)19-5-2/h7-9,11H,4-6,10H2,1-3H3,(H,17,18). The molecule has 0 radical (unpaired) electrons. The van der Waals surface area contributed by atoms with E-state index in [2.05, 4.69) is 17.2 Å². The van der Waals surface area contributed by atoms with E-state index >= 15 is 0 Å². The van der Waals surface area contributed by atoms with Crippen molar-refractivity contribution in [3.63, 3.8) is 0 Å². The molecule has 108 valence electrons. The predicted molar refractivity (Wildman–Crippen MR) is 82.9 cm³/mol. The molecule has 0 saturated heterocycles. The Balaban J connectivity index is 2.58. The molecule has 0 atom stereocenters. The lowest BCUT2D eigenvalue weighted by Gasteiger charge is -2.15. The van der Waals surface area contributed by atoms with Gasteiger partial charge in [0, 0.05) is 18.4 Å². The lowest BCUT2D eigenvalue weighted by Crippen LogP contribution is -2.03. The van der Waals surface area contributed by atoms with Crippen LogP contribution in [0.25, 0.3) is 10.9 Å². The topological polar surface area (TPSA) is 43.4 Å². The number of hydrogen-bond acceptors (Lipinski definition) is 4. The second kappa shape index (κ2) is 6.98. The van der Waals surface area contributed by atoms with Crippen LogP contribution in [0.4, 0.5) is 5.69 Å². The van der Waals surface area contributed by atoms with Crippen molar-refractivity contribution in [2.45, 2.75) is 27.2 Å². The Morgan fingerprint density at radius 2 is 1.70 bits per heavy atom. The second-order valence-electron chi connectivity index (χ2n) is 4.44. The summed E-state index contributed by atoms with van der Waals surface area (Å²) in [7, 11) is 0. The van der Waals surface area contributed by atoms with E-state index in [1.54, 1.807) is 6.20 Å². The Kier molecular flexibility index (Phi) is 5.04. The van der Waals surface area contributed by atoms with Gasteiger partial charge in [0.15, 0.2) is 0 Å². The number of nitrogens with one attached hydrogen (secondary N) is 1. The van der Waals surface area contributed by atoms with Crippen molar-refractivity contribution in [2.75, 3.05) is 25.1 Å². The molecule has 1 N–H and O–H groups in total. The zero-order chi connectivity index (χ0) is 14.4. The molecule has 0 aliphatic carbocycles. The second-order valence-corrected chi connectivity index (χ2v) is 4.44. The van der Waals surface area contributed by atoms with Gasteiger partial charge in [-0.1, -0.05) is 6.92 Å². The Morgan fingerprint density at radius 3 is 2.40 bits per heavy atom. The van der Waals surface area contributed by atoms with Gasteiger partial charge < -0.3 is 14.8 Å². The fraction of sp³-hybridized carbons (Fsp3) is 0.438. The number of anilines is 1. The fourth-order valence-electron chi connectivity index (χ4n) is 2.17. The summed E-state index contributed by atoms with van der Waals surface area (Å²) in [5.74, 6) is 1.64. The van der Waals surface area contributed by atoms with Gasteiger partial charge in [-0.25, -0.2) is 0 Å². The number of aromatic nitrogens is 1. The molecule has 0 unspecified atom stereocenters. The van der Waals surface area contributed by atoms with Gasteiger partial charge in [0.25, 0.3) is 0 Å². The minimum absolute atomic E-state index is 0.622. The zero-order valence-electron chi connectivity index (χ0n) is 12.4. The Morgan fingerprint density at radius 1 is 1.00 bits per heavy atom. The van der Waals surface area contributed by atoms with E-state index in [0.29, 0.717) is 13.2 Å². The Bertz CT molecular complexity index is 570. The third-order valence-corrected chi connectivity index (χ3v) is 2.98. The number of hydrogen-bond donors (Lipinski definition) is 1. The van der Waals surface area contributed by atoms with Gasteiger partial charge in [0.2, 0.25) is 0 Å². The lowest BCUT2D eigenvalue weighted by atomic mass is 10.1. The molecule has 2 rings (SSSR count). The highest BCUT2D eigenvalue weighted by Gasteiger charge is 2.13. The Hall–Kier alpha value is -1.97. The van der Waals surface area contributed by atoms with E-state index in [0.717, 1.165) is 41.1 Å². The molecule has 1 heterocycles. The smallest absolute Gasteiger partial charge is 0.145 e. The number of ether oxygens (including phenoxy) is 2. The maximum atomic E-state index is 5.74. The van der Waals surface area contributed by atoms with Crippen LogP contribution in [0, 0.1) is 0 Å². The van der Waals surface area contributed by atoms with E-state index < -0.39 is 0 Å². The quantitative estimate of drug-likeness (QED) is 0.832. The summed E-state index contributed by atoms with van der Waals surface area (Å²) < 4.78 is 11.4. The normalized spacial score (nSPS) is 10.6. The average molecular weight is 274 g/mol. The third kappa shape index (κ3) is 2.95. The molecule has 0 fully saturated rings. The minimum atomic E-state index is 0.622. The number of rotatable bonds is 7. The van der Waals surface area contributed by atoms with Gasteiger partial charge in [0.1, 0.15) is 17.0 Å². The number of pyridine rings is 1. The molecule has 0 saturated carbocycles. The summed E-state index contributed by atoms with van der Waals surface area (Å²) in [6.45, 7) is 8.27. The summed E-state index contributed by atoms with van der Waals surface area (Å²) in [6, 6.07) is 5.86. The number of benzene rings is 1. The van der Waals surface area contributed by atoms with Gasteiger partial charge in [-0.15, -0.1) is 0 Å². The molecule has 1 aromatic carbocycles. The summed E-state index contributed by atoms with van der Waals surface area (Å²) in [5.41, 5.74) is 1.89. The van der Waals surface area contributed by atoms with Gasteiger partial charge in [0.05, 0.1) is 18.6 Å². The van der Waals surface area contributed by atoms with Crippen LogP contribution in [-0.2, 0) is 0 Å². The highest BCUT2D eigenvalue weighted by atomic mass is 16.5. The van der Waals surface area contributed by atoms with Crippen molar-refractivity contribution in [3.8, 4) is 11.5 Å². The molecule has 0 aliphatic heterocycles. The highest BCUT2D eigenvalue weighted by Crippen LogP contribution is 2.36. The number of nitrogens with zero attached hydrogens (tertiary/aromatic N) is 1. The molecule has 4 heteroatoms. The van der Waals surface area contributed by atoms with E-state index in [1.807, 2.05) is 32.0 Å². The van der Waals surface area contributed by atoms with Crippen LogP contribution in [-0.4, -0.2) is 24.7 Å². The zero-order valence-corrected chi connectivity index (χ0v) is 12.4. The van der Waals surface area contributed by atoms with E-state index in [-0.39, 0.29) is 0 Å². The molecule has 20 heavy (non-hydrogen) atoms. The SMILES string of the molecule is CCCNc1ccnc2c(OCC)ccc(OCC)c12. The van der Waals surface area contributed by atoms with Crippen molar-refractivity contribution in [1.82, 2.24) is 4.98 Å². The first-order chi connectivity index (χ1) is 9.81. The van der Waals surface area contributed by atoms with Crippen LogP contribution < -0.4 is 14.8 Å². The summed E-state index contributed by atoms with van der Waals surface area (Å²) in [5, 5.41) is 4.42. The largest absolute Gasteiger partial charge is 0.493 e. The van der Waals surface area contributed by atoms with Crippen LogP contribution in [0.1, 0.15) is 27.2 Å². The van der Waals surface area contributed by atoms with Crippen molar-refractivity contribution in [2.24, 2.45) is 0 Å². The van der Waals surface area contributed by atoms with Gasteiger partial charge in [-0.2, -0.15) is 0 Å².